The molecule has 2 aromatic rings. The third-order valence-electron chi connectivity index (χ3n) is 6.44. The van der Waals surface area contributed by atoms with E-state index in [9.17, 15) is 0 Å². The van der Waals surface area contributed by atoms with Gasteiger partial charge in [-0.15, -0.1) is 0 Å². The lowest BCUT2D eigenvalue weighted by molar-refractivity contribution is 0.164. The molecule has 4 rings (SSSR count). The molecular formula is C25H30N2O2. The van der Waals surface area contributed by atoms with Crippen LogP contribution in [-0.2, 0) is 24.2 Å². The fourth-order valence-corrected chi connectivity index (χ4v) is 4.95. The zero-order valence-electron chi connectivity index (χ0n) is 17.4. The van der Waals surface area contributed by atoms with E-state index in [2.05, 4.69) is 42.2 Å². The molecule has 2 aliphatic rings. The minimum atomic E-state index is 0.575. The van der Waals surface area contributed by atoms with Gasteiger partial charge >= 0.3 is 0 Å². The first-order valence-corrected chi connectivity index (χ1v) is 10.6. The van der Waals surface area contributed by atoms with E-state index in [1.807, 2.05) is 18.2 Å². The highest BCUT2D eigenvalue weighted by molar-refractivity contribution is 5.40. The Kier molecular flexibility index (Phi) is 6.18. The molecule has 1 fully saturated rings. The van der Waals surface area contributed by atoms with E-state index in [1.165, 1.54) is 29.5 Å². The fourth-order valence-electron chi connectivity index (χ4n) is 4.95. The van der Waals surface area contributed by atoms with E-state index >= 15 is 0 Å². The number of methoxy groups -OCH3 is 1. The van der Waals surface area contributed by atoms with Gasteiger partial charge < -0.3 is 9.47 Å². The van der Waals surface area contributed by atoms with Crippen LogP contribution in [0.3, 0.4) is 0 Å². The van der Waals surface area contributed by atoms with Crippen LogP contribution in [0.1, 0.15) is 42.0 Å². The Morgan fingerprint density at radius 2 is 1.97 bits per heavy atom. The standard InChI is InChI=1S/C25H30N2O2/c1-18-11-21(17-29-25-9-4-19(5-10-25)16-28-2)15-27(18)24-8-7-22-12-20(14-26)3-6-23(22)13-24/h3-6,9-10,12,18,21,24H,7-8,11,13,15-17H2,1-2H3/t18-,21+,24?/m1/s1. The third kappa shape index (κ3) is 4.63. The van der Waals surface area contributed by atoms with Gasteiger partial charge in [0.25, 0.3) is 0 Å². The second kappa shape index (κ2) is 8.98. The molecule has 1 saturated heterocycles. The van der Waals surface area contributed by atoms with Crippen LogP contribution in [0.15, 0.2) is 42.5 Å². The van der Waals surface area contributed by atoms with Crippen LogP contribution in [0.25, 0.3) is 0 Å². The van der Waals surface area contributed by atoms with Crippen molar-refractivity contribution in [3.05, 3.63) is 64.7 Å². The number of benzene rings is 2. The molecule has 2 aromatic carbocycles. The maximum absolute atomic E-state index is 9.12. The van der Waals surface area contributed by atoms with Crippen molar-refractivity contribution in [2.45, 2.75) is 51.3 Å². The molecule has 0 amide bonds. The number of likely N-dealkylation sites (tertiary alicyclic amines) is 1. The predicted molar refractivity (Wildman–Crippen MR) is 114 cm³/mol. The summed E-state index contributed by atoms with van der Waals surface area (Å²) in [6.45, 7) is 4.88. The fraction of sp³-hybridized carbons (Fsp3) is 0.480. The van der Waals surface area contributed by atoms with E-state index in [0.29, 0.717) is 24.6 Å². The maximum atomic E-state index is 9.12. The van der Waals surface area contributed by atoms with E-state index in [0.717, 1.165) is 37.3 Å². The Hall–Kier alpha value is -2.35. The Morgan fingerprint density at radius 1 is 1.14 bits per heavy atom. The SMILES string of the molecule is COCc1ccc(OC[C@H]2C[C@@H](C)N(C3CCc4cc(C#N)ccc4C3)C2)cc1. The van der Waals surface area contributed by atoms with Gasteiger partial charge in [0, 0.05) is 31.7 Å². The highest BCUT2D eigenvalue weighted by Gasteiger charge is 2.35. The minimum absolute atomic E-state index is 0.575. The van der Waals surface area contributed by atoms with Crippen molar-refractivity contribution in [2.24, 2.45) is 5.92 Å². The largest absolute Gasteiger partial charge is 0.493 e. The van der Waals surface area contributed by atoms with Gasteiger partial charge in [0.05, 0.1) is 24.8 Å². The van der Waals surface area contributed by atoms with Gasteiger partial charge in [0.15, 0.2) is 0 Å². The summed E-state index contributed by atoms with van der Waals surface area (Å²) in [5, 5.41) is 9.12. The van der Waals surface area contributed by atoms with Crippen molar-refractivity contribution in [1.82, 2.24) is 4.90 Å². The van der Waals surface area contributed by atoms with Crippen molar-refractivity contribution in [3.8, 4) is 11.8 Å². The van der Waals surface area contributed by atoms with Crippen LogP contribution in [0, 0.1) is 17.2 Å². The van der Waals surface area contributed by atoms with Crippen LogP contribution in [0.5, 0.6) is 5.75 Å². The normalized spacial score (nSPS) is 24.1. The lowest BCUT2D eigenvalue weighted by atomic mass is 9.86. The number of aryl methyl sites for hydroxylation is 1. The number of hydrogen-bond acceptors (Lipinski definition) is 4. The Morgan fingerprint density at radius 3 is 2.72 bits per heavy atom. The summed E-state index contributed by atoms with van der Waals surface area (Å²) < 4.78 is 11.3. The summed E-state index contributed by atoms with van der Waals surface area (Å²) in [5.74, 6) is 1.52. The summed E-state index contributed by atoms with van der Waals surface area (Å²) in [5.41, 5.74) is 4.73. The lowest BCUT2D eigenvalue weighted by Crippen LogP contribution is -2.41. The molecule has 29 heavy (non-hydrogen) atoms. The molecule has 0 N–H and O–H groups in total. The molecule has 1 unspecified atom stereocenters. The highest BCUT2D eigenvalue weighted by atomic mass is 16.5. The zero-order valence-corrected chi connectivity index (χ0v) is 17.4. The van der Waals surface area contributed by atoms with Gasteiger partial charge in [-0.2, -0.15) is 5.26 Å². The van der Waals surface area contributed by atoms with E-state index in [-0.39, 0.29) is 0 Å². The molecule has 152 valence electrons. The number of rotatable bonds is 6. The number of nitriles is 1. The summed E-state index contributed by atoms with van der Waals surface area (Å²) in [6.07, 6.45) is 4.55. The first-order chi connectivity index (χ1) is 14.2. The Balaban J connectivity index is 1.32. The second-order valence-corrected chi connectivity index (χ2v) is 8.53. The molecule has 0 saturated carbocycles. The molecule has 0 spiro atoms. The van der Waals surface area contributed by atoms with E-state index in [1.54, 1.807) is 7.11 Å². The molecule has 0 radical (unpaired) electrons. The van der Waals surface area contributed by atoms with Crippen LogP contribution >= 0.6 is 0 Å². The molecular weight excluding hydrogens is 360 g/mol. The zero-order chi connectivity index (χ0) is 20.2. The van der Waals surface area contributed by atoms with Gasteiger partial charge in [-0.25, -0.2) is 0 Å². The maximum Gasteiger partial charge on any atom is 0.119 e. The summed E-state index contributed by atoms with van der Waals surface area (Å²) in [7, 11) is 1.71. The van der Waals surface area contributed by atoms with Crippen molar-refractivity contribution in [1.29, 1.82) is 5.26 Å². The van der Waals surface area contributed by atoms with Crippen LogP contribution < -0.4 is 4.74 Å². The van der Waals surface area contributed by atoms with Crippen LogP contribution in [0.4, 0.5) is 0 Å². The Labute approximate surface area is 174 Å². The van der Waals surface area contributed by atoms with E-state index in [4.69, 9.17) is 14.7 Å². The molecule has 1 aliphatic heterocycles. The third-order valence-corrected chi connectivity index (χ3v) is 6.44. The smallest absolute Gasteiger partial charge is 0.119 e. The first kappa shape index (κ1) is 19.9. The monoisotopic (exact) mass is 390 g/mol. The van der Waals surface area contributed by atoms with Crippen molar-refractivity contribution in [3.63, 3.8) is 0 Å². The van der Waals surface area contributed by atoms with Crippen LogP contribution in [-0.4, -0.2) is 37.2 Å². The molecule has 1 heterocycles. The number of hydrogen-bond donors (Lipinski definition) is 0. The average molecular weight is 391 g/mol. The summed E-state index contributed by atoms with van der Waals surface area (Å²) in [6, 6.07) is 17.9. The van der Waals surface area contributed by atoms with Gasteiger partial charge in [0.1, 0.15) is 5.75 Å². The lowest BCUT2D eigenvalue weighted by Gasteiger charge is -2.35. The summed E-state index contributed by atoms with van der Waals surface area (Å²) >= 11 is 0. The van der Waals surface area contributed by atoms with Gasteiger partial charge in [0.2, 0.25) is 0 Å². The summed E-state index contributed by atoms with van der Waals surface area (Å²) in [4.78, 5) is 2.69. The molecule has 4 heteroatoms. The molecule has 0 bridgehead atoms. The molecule has 4 nitrogen and oxygen atoms in total. The van der Waals surface area contributed by atoms with Gasteiger partial charge in [-0.1, -0.05) is 18.2 Å². The van der Waals surface area contributed by atoms with E-state index < -0.39 is 0 Å². The van der Waals surface area contributed by atoms with Crippen molar-refractivity contribution >= 4 is 0 Å². The minimum Gasteiger partial charge on any atom is -0.493 e. The van der Waals surface area contributed by atoms with Gasteiger partial charge in [-0.3, -0.25) is 4.90 Å². The predicted octanol–water partition coefficient (Wildman–Crippen LogP) is 4.35. The van der Waals surface area contributed by atoms with Crippen molar-refractivity contribution < 1.29 is 9.47 Å². The van der Waals surface area contributed by atoms with Gasteiger partial charge in [-0.05, 0) is 73.6 Å². The number of fused-ring (bicyclic) bond motifs is 1. The number of ether oxygens (including phenoxy) is 2. The average Bonchev–Trinajstić information content (AvgIpc) is 3.13. The van der Waals surface area contributed by atoms with Crippen LogP contribution in [0.2, 0.25) is 0 Å². The topological polar surface area (TPSA) is 45.5 Å². The molecule has 0 aromatic heterocycles. The molecule has 3 atom stereocenters. The Bertz CT molecular complexity index is 871. The number of nitrogens with zero attached hydrogens (tertiary/aromatic N) is 2. The quantitative estimate of drug-likeness (QED) is 0.736. The molecule has 1 aliphatic carbocycles. The first-order valence-electron chi connectivity index (χ1n) is 10.6. The highest BCUT2D eigenvalue weighted by Crippen LogP contribution is 2.32. The van der Waals surface area contributed by atoms with Crippen molar-refractivity contribution in [2.75, 3.05) is 20.3 Å². The second-order valence-electron chi connectivity index (χ2n) is 8.53.